The molecule has 1 atom stereocenters. The number of aliphatic imine (C=N–C) groups is 1. The third-order valence-electron chi connectivity index (χ3n) is 6.60. The number of carbonyl (C=O) groups excluding carboxylic acids is 1. The number of amides is 1. The summed E-state index contributed by atoms with van der Waals surface area (Å²) in [6.07, 6.45) is -8.43. The Balaban J connectivity index is 1.43. The van der Waals surface area contributed by atoms with E-state index in [0.29, 0.717) is 46.7 Å². The van der Waals surface area contributed by atoms with Gasteiger partial charge in [0.2, 0.25) is 0 Å². The molecular formula is C26H20F6N6O2S. The van der Waals surface area contributed by atoms with Gasteiger partial charge in [-0.1, -0.05) is 12.1 Å². The number of hydrogen-bond donors (Lipinski definition) is 2. The molecule has 1 aromatic heterocycles. The van der Waals surface area contributed by atoms with Crippen molar-refractivity contribution in [2.24, 2.45) is 4.99 Å². The van der Waals surface area contributed by atoms with Crippen LogP contribution in [-0.2, 0) is 23.7 Å². The number of benzene rings is 2. The second-order valence-corrected chi connectivity index (χ2v) is 10.4. The van der Waals surface area contributed by atoms with Gasteiger partial charge < -0.3 is 15.3 Å². The normalized spacial score (nSPS) is 19.2. The van der Waals surface area contributed by atoms with E-state index >= 15 is 0 Å². The predicted octanol–water partition coefficient (Wildman–Crippen LogP) is 4.23. The van der Waals surface area contributed by atoms with E-state index < -0.39 is 41.5 Å². The van der Waals surface area contributed by atoms with Crippen molar-refractivity contribution < 1.29 is 36.2 Å². The first kappa shape index (κ1) is 28.7. The minimum Gasteiger partial charge on any atom is -0.395 e. The van der Waals surface area contributed by atoms with Crippen molar-refractivity contribution in [3.05, 3.63) is 69.3 Å². The highest BCUT2D eigenvalue weighted by Gasteiger charge is 2.38. The molecule has 1 saturated heterocycles. The maximum Gasteiger partial charge on any atom is 0.416 e. The fourth-order valence-corrected chi connectivity index (χ4v) is 5.56. The van der Waals surface area contributed by atoms with Crippen LogP contribution in [0, 0.1) is 11.3 Å². The van der Waals surface area contributed by atoms with E-state index in [4.69, 9.17) is 0 Å². The number of nitrogens with zero attached hydrogens (tertiary/aromatic N) is 5. The SMILES string of the molecule is N#Cc1nn(Cc2ccc(C(F)(F)F)cc2C(F)(F)F)c2ccc(C=C3SC(N4CCN[C@@H](CO)C4)=NC3=O)cc12. The number of aromatic nitrogens is 2. The molecule has 1 amide bonds. The summed E-state index contributed by atoms with van der Waals surface area (Å²) in [4.78, 5) is 18.9. The van der Waals surface area contributed by atoms with Gasteiger partial charge in [0.1, 0.15) is 6.07 Å². The number of fused-ring (bicyclic) bond motifs is 1. The van der Waals surface area contributed by atoms with Crippen molar-refractivity contribution in [2.45, 2.75) is 24.9 Å². The zero-order valence-electron chi connectivity index (χ0n) is 20.9. The molecule has 3 aromatic rings. The highest BCUT2D eigenvalue weighted by atomic mass is 32.2. The van der Waals surface area contributed by atoms with Crippen LogP contribution >= 0.6 is 11.8 Å². The van der Waals surface area contributed by atoms with Crippen LogP contribution in [-0.4, -0.2) is 63.1 Å². The lowest BCUT2D eigenvalue weighted by atomic mass is 10.0. The van der Waals surface area contributed by atoms with Gasteiger partial charge in [0.25, 0.3) is 5.91 Å². The second-order valence-electron chi connectivity index (χ2n) is 9.35. The Hall–Kier alpha value is -3.87. The lowest BCUT2D eigenvalue weighted by molar-refractivity contribution is -0.143. The fourth-order valence-electron chi connectivity index (χ4n) is 4.61. The first-order valence-corrected chi connectivity index (χ1v) is 13.0. The smallest absolute Gasteiger partial charge is 0.395 e. The number of nitriles is 1. The molecule has 15 heteroatoms. The third kappa shape index (κ3) is 5.95. The minimum absolute atomic E-state index is 0.0591. The van der Waals surface area contributed by atoms with Crippen LogP contribution in [0.15, 0.2) is 46.3 Å². The van der Waals surface area contributed by atoms with Crippen LogP contribution in [0.2, 0.25) is 0 Å². The van der Waals surface area contributed by atoms with E-state index in [1.165, 1.54) is 17.8 Å². The van der Waals surface area contributed by atoms with Gasteiger partial charge in [-0.3, -0.25) is 9.48 Å². The van der Waals surface area contributed by atoms with Crippen LogP contribution in [0.1, 0.15) is 27.9 Å². The maximum absolute atomic E-state index is 13.7. The lowest BCUT2D eigenvalue weighted by Gasteiger charge is -2.33. The number of hydrogen-bond acceptors (Lipinski definition) is 7. The number of amidine groups is 1. The van der Waals surface area contributed by atoms with Crippen LogP contribution in [0.25, 0.3) is 17.0 Å². The molecule has 2 aliphatic rings. The van der Waals surface area contributed by atoms with E-state index in [0.717, 1.165) is 10.7 Å². The molecule has 1 fully saturated rings. The van der Waals surface area contributed by atoms with E-state index in [9.17, 15) is 41.5 Å². The third-order valence-corrected chi connectivity index (χ3v) is 7.64. The van der Waals surface area contributed by atoms with E-state index in [2.05, 4.69) is 15.4 Å². The Kier molecular flexibility index (Phi) is 7.58. The summed E-state index contributed by atoms with van der Waals surface area (Å²) < 4.78 is 81.3. The van der Waals surface area contributed by atoms with Gasteiger partial charge >= 0.3 is 12.4 Å². The average molecular weight is 595 g/mol. The van der Waals surface area contributed by atoms with Gasteiger partial charge in [0, 0.05) is 31.1 Å². The Labute approximate surface area is 232 Å². The molecular weight excluding hydrogens is 574 g/mol. The molecule has 0 saturated carbocycles. The Bertz CT molecular complexity index is 1620. The molecule has 2 aromatic carbocycles. The van der Waals surface area contributed by atoms with Gasteiger partial charge in [0.05, 0.1) is 34.7 Å². The Morgan fingerprint density at radius 1 is 1.15 bits per heavy atom. The zero-order chi connectivity index (χ0) is 29.5. The van der Waals surface area contributed by atoms with Crippen molar-refractivity contribution in [3.63, 3.8) is 0 Å². The van der Waals surface area contributed by atoms with Gasteiger partial charge in [0.15, 0.2) is 10.9 Å². The molecule has 2 aliphatic heterocycles. The zero-order valence-corrected chi connectivity index (χ0v) is 21.7. The van der Waals surface area contributed by atoms with Crippen molar-refractivity contribution in [1.82, 2.24) is 20.0 Å². The maximum atomic E-state index is 13.7. The first-order chi connectivity index (χ1) is 19.4. The molecule has 0 spiro atoms. The van der Waals surface area contributed by atoms with Crippen molar-refractivity contribution in [3.8, 4) is 6.07 Å². The highest BCUT2D eigenvalue weighted by molar-refractivity contribution is 8.18. The average Bonchev–Trinajstić information content (AvgIpc) is 3.47. The molecule has 0 radical (unpaired) electrons. The van der Waals surface area contributed by atoms with Gasteiger partial charge in [-0.2, -0.15) is 41.7 Å². The molecule has 214 valence electrons. The summed E-state index contributed by atoms with van der Waals surface area (Å²) in [7, 11) is 0. The summed E-state index contributed by atoms with van der Waals surface area (Å²) in [5, 5.41) is 27.1. The van der Waals surface area contributed by atoms with Gasteiger partial charge in [-0.15, -0.1) is 0 Å². The van der Waals surface area contributed by atoms with Crippen LogP contribution in [0.3, 0.4) is 0 Å². The number of thioether (sulfide) groups is 1. The Morgan fingerprint density at radius 3 is 2.61 bits per heavy atom. The van der Waals surface area contributed by atoms with Gasteiger partial charge in [-0.25, -0.2) is 0 Å². The van der Waals surface area contributed by atoms with Crippen molar-refractivity contribution >= 4 is 39.8 Å². The number of nitrogens with one attached hydrogen (secondary N) is 1. The number of aliphatic hydroxyl groups excluding tert-OH is 1. The second kappa shape index (κ2) is 10.8. The molecule has 0 unspecified atom stereocenters. The monoisotopic (exact) mass is 594 g/mol. The van der Waals surface area contributed by atoms with E-state index in [1.807, 2.05) is 11.0 Å². The first-order valence-electron chi connectivity index (χ1n) is 12.2. The van der Waals surface area contributed by atoms with Gasteiger partial charge in [-0.05, 0) is 53.2 Å². The summed E-state index contributed by atoms with van der Waals surface area (Å²) in [5.74, 6) is -0.456. The predicted molar refractivity (Wildman–Crippen MR) is 138 cm³/mol. The number of aliphatic hydroxyl groups is 1. The number of halogens is 6. The molecule has 5 rings (SSSR count). The molecule has 3 heterocycles. The highest BCUT2D eigenvalue weighted by Crippen LogP contribution is 2.38. The standard InChI is InChI=1S/C26H20F6N6O2S/c27-25(28,29)16-3-2-15(19(9-16)26(30,31)32)11-38-21-4-1-14(7-18(21)20(10-33)36-38)8-22-23(40)35-24(41-22)37-6-5-34-17(12-37)13-39/h1-4,7-9,17,34,39H,5-6,11-13H2/t17-/m1/s1. The number of alkyl halides is 6. The van der Waals surface area contributed by atoms with E-state index in [1.54, 1.807) is 18.2 Å². The molecule has 8 nitrogen and oxygen atoms in total. The number of carbonyl (C=O) groups is 1. The van der Waals surface area contributed by atoms with Crippen molar-refractivity contribution in [1.29, 1.82) is 5.26 Å². The van der Waals surface area contributed by atoms with E-state index in [-0.39, 0.29) is 29.9 Å². The molecule has 0 bridgehead atoms. The summed E-state index contributed by atoms with van der Waals surface area (Å²) in [6, 6.07) is 7.79. The quantitative estimate of drug-likeness (QED) is 0.344. The van der Waals surface area contributed by atoms with Crippen LogP contribution in [0.4, 0.5) is 26.3 Å². The topological polar surface area (TPSA) is 107 Å². The molecule has 0 aliphatic carbocycles. The summed E-state index contributed by atoms with van der Waals surface area (Å²) >= 11 is 1.17. The lowest BCUT2D eigenvalue weighted by Crippen LogP contribution is -2.53. The fraction of sp³-hybridized carbons (Fsp3) is 0.308. The van der Waals surface area contributed by atoms with Crippen LogP contribution < -0.4 is 5.32 Å². The molecule has 41 heavy (non-hydrogen) atoms. The Morgan fingerprint density at radius 2 is 1.93 bits per heavy atom. The number of rotatable bonds is 4. The summed E-state index contributed by atoms with van der Waals surface area (Å²) in [5.41, 5.74) is -2.61. The minimum atomic E-state index is -5.05. The van der Waals surface area contributed by atoms with Crippen molar-refractivity contribution in [2.75, 3.05) is 26.2 Å². The molecule has 2 N–H and O–H groups in total. The number of piperazine rings is 1. The summed E-state index contributed by atoms with van der Waals surface area (Å²) in [6.45, 7) is 1.11. The van der Waals surface area contributed by atoms with Crippen LogP contribution in [0.5, 0.6) is 0 Å². The largest absolute Gasteiger partial charge is 0.416 e.